The van der Waals surface area contributed by atoms with Gasteiger partial charge in [0.15, 0.2) is 6.10 Å². The van der Waals surface area contributed by atoms with Crippen LogP contribution in [0, 0.1) is 11.3 Å². The summed E-state index contributed by atoms with van der Waals surface area (Å²) in [4.78, 5) is 27.1. The summed E-state index contributed by atoms with van der Waals surface area (Å²) >= 11 is 0. The molecule has 1 fully saturated rings. The van der Waals surface area contributed by atoms with Crippen molar-refractivity contribution in [1.82, 2.24) is 4.98 Å². The maximum atomic E-state index is 12.0. The number of nitrogens with zero attached hydrogens (tertiary/aromatic N) is 2. The van der Waals surface area contributed by atoms with Gasteiger partial charge in [0.25, 0.3) is 0 Å². The number of carboxylic acids is 1. The highest BCUT2D eigenvalue weighted by Gasteiger charge is 2.33. The van der Waals surface area contributed by atoms with Crippen molar-refractivity contribution in [2.45, 2.75) is 12.5 Å². The van der Waals surface area contributed by atoms with E-state index >= 15 is 0 Å². The summed E-state index contributed by atoms with van der Waals surface area (Å²) in [7, 11) is 0. The summed E-state index contributed by atoms with van der Waals surface area (Å²) in [5, 5.41) is 17.7. The second-order valence-electron chi connectivity index (χ2n) is 5.50. The summed E-state index contributed by atoms with van der Waals surface area (Å²) in [6.07, 6.45) is 2.01. The lowest BCUT2D eigenvalue weighted by molar-refractivity contribution is -0.136. The number of aromatic nitrogens is 1. The van der Waals surface area contributed by atoms with E-state index < -0.39 is 18.2 Å². The monoisotopic (exact) mass is 341 g/mol. The van der Waals surface area contributed by atoms with Crippen LogP contribution in [-0.4, -0.2) is 41.4 Å². The molecule has 1 unspecified atom stereocenters. The molecule has 1 aromatic carbocycles. The van der Waals surface area contributed by atoms with Crippen LogP contribution in [-0.2, 0) is 16.0 Å². The van der Waals surface area contributed by atoms with E-state index in [-0.39, 0.29) is 13.0 Å². The molecule has 0 bridgehead atoms. The minimum absolute atomic E-state index is 0.114. The predicted octanol–water partition coefficient (Wildman–Crippen LogP) is 1.92. The summed E-state index contributed by atoms with van der Waals surface area (Å²) in [5.74, 6) is -0.529. The fourth-order valence-corrected chi connectivity index (χ4v) is 2.54. The first-order chi connectivity index (χ1) is 12.1. The third kappa shape index (κ3) is 3.72. The maximum Gasteiger partial charge on any atom is 0.414 e. The molecule has 0 saturated carbocycles. The van der Waals surface area contributed by atoms with Crippen molar-refractivity contribution in [1.29, 1.82) is 5.26 Å². The number of ether oxygens (including phenoxy) is 2. The van der Waals surface area contributed by atoms with Crippen LogP contribution >= 0.6 is 0 Å². The average molecular weight is 341 g/mol. The Hall–Kier alpha value is -3.47. The molecule has 1 atom stereocenters. The predicted molar refractivity (Wildman–Crippen MR) is 86.4 cm³/mol. The molecule has 8 heteroatoms. The van der Waals surface area contributed by atoms with E-state index in [1.165, 1.54) is 4.90 Å². The van der Waals surface area contributed by atoms with Crippen molar-refractivity contribution in [2.75, 3.05) is 18.1 Å². The van der Waals surface area contributed by atoms with E-state index in [0.717, 1.165) is 0 Å². The van der Waals surface area contributed by atoms with Gasteiger partial charge in [-0.1, -0.05) is 0 Å². The van der Waals surface area contributed by atoms with Crippen LogP contribution in [0.25, 0.3) is 0 Å². The first-order valence-electron chi connectivity index (χ1n) is 7.55. The Bertz CT molecular complexity index is 822. The molecule has 1 aliphatic rings. The number of hydrogen-bond acceptors (Lipinski definition) is 5. The topological polar surface area (TPSA) is 116 Å². The molecule has 3 rings (SSSR count). The number of rotatable bonds is 6. The van der Waals surface area contributed by atoms with Crippen molar-refractivity contribution >= 4 is 17.7 Å². The van der Waals surface area contributed by atoms with Crippen molar-refractivity contribution in [2.24, 2.45) is 0 Å². The molecule has 1 amide bonds. The number of benzene rings is 1. The molecule has 2 heterocycles. The number of anilines is 1. The summed E-state index contributed by atoms with van der Waals surface area (Å²) in [6.45, 7) is 0.423. The number of aromatic amines is 1. The number of cyclic esters (lactones) is 1. The molecule has 1 aliphatic heterocycles. The number of carbonyl (C=O) groups is 2. The van der Waals surface area contributed by atoms with Gasteiger partial charge in [0.1, 0.15) is 12.4 Å². The summed E-state index contributed by atoms with van der Waals surface area (Å²) in [5.41, 5.74) is 1.68. The van der Waals surface area contributed by atoms with Gasteiger partial charge in [-0.05, 0) is 24.3 Å². The Labute approximate surface area is 143 Å². The molecule has 1 saturated heterocycles. The van der Waals surface area contributed by atoms with Crippen LogP contribution in [0.2, 0.25) is 0 Å². The molecule has 25 heavy (non-hydrogen) atoms. The van der Waals surface area contributed by atoms with E-state index in [0.29, 0.717) is 29.1 Å². The van der Waals surface area contributed by atoms with Crippen molar-refractivity contribution < 1.29 is 24.2 Å². The van der Waals surface area contributed by atoms with Gasteiger partial charge in [0.05, 0.1) is 24.6 Å². The number of nitrogens with one attached hydrogen (secondary N) is 1. The van der Waals surface area contributed by atoms with Crippen LogP contribution in [0.3, 0.4) is 0 Å². The molecule has 128 valence electrons. The second kappa shape index (κ2) is 6.97. The molecule has 8 nitrogen and oxygen atoms in total. The molecule has 2 aromatic rings. The van der Waals surface area contributed by atoms with E-state index in [4.69, 9.17) is 19.8 Å². The van der Waals surface area contributed by atoms with Crippen LogP contribution in [0.5, 0.6) is 5.75 Å². The molecule has 1 aromatic heterocycles. The number of amides is 1. The maximum absolute atomic E-state index is 12.0. The van der Waals surface area contributed by atoms with Gasteiger partial charge < -0.3 is 19.6 Å². The number of carboxylic acid groups (broad SMARTS) is 1. The van der Waals surface area contributed by atoms with Crippen molar-refractivity contribution in [3.8, 4) is 11.8 Å². The highest BCUT2D eigenvalue weighted by atomic mass is 16.6. The van der Waals surface area contributed by atoms with Gasteiger partial charge in [-0.15, -0.1) is 0 Å². The number of carbonyl (C=O) groups excluding carboxylic acids is 1. The Kier molecular flexibility index (Phi) is 4.57. The molecular weight excluding hydrogens is 326 g/mol. The van der Waals surface area contributed by atoms with Gasteiger partial charge in [-0.3, -0.25) is 9.69 Å². The second-order valence-corrected chi connectivity index (χ2v) is 5.50. The zero-order valence-corrected chi connectivity index (χ0v) is 13.1. The van der Waals surface area contributed by atoms with Gasteiger partial charge in [-0.2, -0.15) is 5.26 Å². The van der Waals surface area contributed by atoms with Gasteiger partial charge in [0, 0.05) is 23.6 Å². The lowest BCUT2D eigenvalue weighted by atomic mass is 10.2. The fourth-order valence-electron chi connectivity index (χ4n) is 2.54. The SMILES string of the molecule is N#Cc1ccc(N2CC(COc3c[nH]cc3CC(=O)O)OC2=O)cc1. The molecule has 0 radical (unpaired) electrons. The first kappa shape index (κ1) is 16.4. The van der Waals surface area contributed by atoms with Crippen molar-refractivity contribution in [3.05, 3.63) is 47.8 Å². The highest BCUT2D eigenvalue weighted by molar-refractivity contribution is 5.89. The Morgan fingerprint density at radius 2 is 2.16 bits per heavy atom. The number of aliphatic carboxylic acids is 1. The number of nitriles is 1. The third-order valence-corrected chi connectivity index (χ3v) is 3.74. The lowest BCUT2D eigenvalue weighted by Gasteiger charge is -2.13. The van der Waals surface area contributed by atoms with E-state index in [1.54, 1.807) is 36.7 Å². The Morgan fingerprint density at radius 3 is 2.84 bits per heavy atom. The van der Waals surface area contributed by atoms with Crippen molar-refractivity contribution in [3.63, 3.8) is 0 Å². The molecule has 2 N–H and O–H groups in total. The van der Waals surface area contributed by atoms with Crippen LogP contribution in [0.15, 0.2) is 36.7 Å². The standard InChI is InChI=1S/C17H15N3O5/c18-6-11-1-3-13(4-2-11)20-9-14(25-17(20)23)10-24-15-8-19-7-12(15)5-16(21)22/h1-4,7-8,14,19H,5,9-10H2,(H,21,22). The zero-order valence-electron chi connectivity index (χ0n) is 13.1. The lowest BCUT2D eigenvalue weighted by Crippen LogP contribution is -2.26. The van der Waals surface area contributed by atoms with Gasteiger partial charge in [0.2, 0.25) is 0 Å². The zero-order chi connectivity index (χ0) is 17.8. The highest BCUT2D eigenvalue weighted by Crippen LogP contribution is 2.24. The van der Waals surface area contributed by atoms with E-state index in [1.807, 2.05) is 6.07 Å². The van der Waals surface area contributed by atoms with Crippen LogP contribution < -0.4 is 9.64 Å². The minimum Gasteiger partial charge on any atom is -0.488 e. The fraction of sp³-hybridized carbons (Fsp3) is 0.235. The Balaban J connectivity index is 1.60. The molecule has 0 aliphatic carbocycles. The quantitative estimate of drug-likeness (QED) is 0.829. The van der Waals surface area contributed by atoms with Gasteiger partial charge in [-0.25, -0.2) is 4.79 Å². The first-order valence-corrected chi connectivity index (χ1v) is 7.55. The van der Waals surface area contributed by atoms with Crippen LogP contribution in [0.1, 0.15) is 11.1 Å². The minimum atomic E-state index is -0.955. The summed E-state index contributed by atoms with van der Waals surface area (Å²) in [6, 6.07) is 8.64. The Morgan fingerprint density at radius 1 is 1.40 bits per heavy atom. The number of hydrogen-bond donors (Lipinski definition) is 2. The largest absolute Gasteiger partial charge is 0.488 e. The number of H-pyrrole nitrogens is 1. The third-order valence-electron chi connectivity index (χ3n) is 3.74. The van der Waals surface area contributed by atoms with E-state index in [2.05, 4.69) is 4.98 Å². The molecule has 0 spiro atoms. The van der Waals surface area contributed by atoms with E-state index in [9.17, 15) is 9.59 Å². The summed E-state index contributed by atoms with van der Waals surface area (Å²) < 4.78 is 10.9. The average Bonchev–Trinajstić information content (AvgIpc) is 3.19. The van der Waals surface area contributed by atoms with Crippen LogP contribution in [0.4, 0.5) is 10.5 Å². The smallest absolute Gasteiger partial charge is 0.414 e. The normalized spacial score (nSPS) is 16.4. The van der Waals surface area contributed by atoms with Gasteiger partial charge >= 0.3 is 12.1 Å². The molecular formula is C17H15N3O5.